The summed E-state index contributed by atoms with van der Waals surface area (Å²) < 4.78 is 0. The molecule has 0 saturated carbocycles. The molecule has 3 heteroatoms. The Morgan fingerprint density at radius 3 is 2.76 bits per heavy atom. The summed E-state index contributed by atoms with van der Waals surface area (Å²) >= 11 is 1.82. The Kier molecular flexibility index (Phi) is 4.49. The van der Waals surface area contributed by atoms with Gasteiger partial charge in [-0.05, 0) is 18.1 Å². The van der Waals surface area contributed by atoms with Crippen molar-refractivity contribution in [2.75, 3.05) is 18.8 Å². The Labute approximate surface area is 107 Å². The second-order valence-corrected chi connectivity index (χ2v) is 5.65. The Balaban J connectivity index is 1.74. The van der Waals surface area contributed by atoms with Crippen molar-refractivity contribution >= 4 is 17.7 Å². The summed E-state index contributed by atoms with van der Waals surface area (Å²) in [5, 5.41) is 0. The zero-order chi connectivity index (χ0) is 12.1. The fraction of sp³-hybridized carbons (Fsp3) is 0.500. The van der Waals surface area contributed by atoms with Crippen molar-refractivity contribution in [1.29, 1.82) is 0 Å². The molecule has 1 aliphatic heterocycles. The standard InChI is InChI=1S/C14H19NOS/c1-2-12-10-14(16)15(11-12)8-9-17-13-6-4-3-5-7-13/h3-7,12H,2,8-11H2,1H3. The maximum atomic E-state index is 11.7. The van der Waals surface area contributed by atoms with Crippen LogP contribution in [0.25, 0.3) is 0 Å². The number of hydrogen-bond acceptors (Lipinski definition) is 2. The molecule has 1 atom stereocenters. The normalized spacial score (nSPS) is 19.9. The van der Waals surface area contributed by atoms with Crippen LogP contribution in [0.5, 0.6) is 0 Å². The highest BCUT2D eigenvalue weighted by atomic mass is 32.2. The number of rotatable bonds is 5. The van der Waals surface area contributed by atoms with Gasteiger partial charge in [0.25, 0.3) is 0 Å². The van der Waals surface area contributed by atoms with Crippen LogP contribution in [0.2, 0.25) is 0 Å². The minimum Gasteiger partial charge on any atom is -0.342 e. The van der Waals surface area contributed by atoms with Gasteiger partial charge in [0.05, 0.1) is 0 Å². The number of carbonyl (C=O) groups is 1. The van der Waals surface area contributed by atoms with E-state index in [-0.39, 0.29) is 0 Å². The molecule has 2 rings (SSSR count). The smallest absolute Gasteiger partial charge is 0.222 e. The Morgan fingerprint density at radius 1 is 1.35 bits per heavy atom. The summed E-state index contributed by atoms with van der Waals surface area (Å²) in [6, 6.07) is 10.4. The minimum atomic E-state index is 0.338. The first-order valence-electron chi connectivity index (χ1n) is 6.25. The van der Waals surface area contributed by atoms with E-state index in [9.17, 15) is 4.79 Å². The van der Waals surface area contributed by atoms with Crippen LogP contribution in [0.15, 0.2) is 35.2 Å². The van der Waals surface area contributed by atoms with Gasteiger partial charge in [0.2, 0.25) is 5.91 Å². The molecule has 1 aliphatic rings. The van der Waals surface area contributed by atoms with Gasteiger partial charge in [0.1, 0.15) is 0 Å². The monoisotopic (exact) mass is 249 g/mol. The summed E-state index contributed by atoms with van der Waals surface area (Å²) in [4.78, 5) is 15.0. The third-order valence-electron chi connectivity index (χ3n) is 3.25. The van der Waals surface area contributed by atoms with Crippen molar-refractivity contribution in [2.45, 2.75) is 24.7 Å². The van der Waals surface area contributed by atoms with Crippen LogP contribution >= 0.6 is 11.8 Å². The predicted molar refractivity (Wildman–Crippen MR) is 72.1 cm³/mol. The van der Waals surface area contributed by atoms with Crippen LogP contribution < -0.4 is 0 Å². The third kappa shape index (κ3) is 3.50. The minimum absolute atomic E-state index is 0.338. The Hall–Kier alpha value is -0.960. The largest absolute Gasteiger partial charge is 0.342 e. The van der Waals surface area contributed by atoms with Crippen molar-refractivity contribution in [2.24, 2.45) is 5.92 Å². The average Bonchev–Trinajstić information content (AvgIpc) is 2.72. The molecule has 1 amide bonds. The van der Waals surface area contributed by atoms with E-state index >= 15 is 0 Å². The molecular formula is C14H19NOS. The highest BCUT2D eigenvalue weighted by molar-refractivity contribution is 7.99. The topological polar surface area (TPSA) is 20.3 Å². The molecule has 0 N–H and O–H groups in total. The van der Waals surface area contributed by atoms with Gasteiger partial charge in [0.15, 0.2) is 0 Å². The molecule has 0 aromatic heterocycles. The van der Waals surface area contributed by atoms with Gasteiger partial charge in [0, 0.05) is 30.2 Å². The van der Waals surface area contributed by atoms with E-state index in [1.807, 2.05) is 22.7 Å². The number of benzene rings is 1. The maximum Gasteiger partial charge on any atom is 0.222 e. The molecule has 0 spiro atoms. The van der Waals surface area contributed by atoms with Crippen molar-refractivity contribution in [3.8, 4) is 0 Å². The number of nitrogens with zero attached hydrogens (tertiary/aromatic N) is 1. The zero-order valence-corrected chi connectivity index (χ0v) is 11.1. The van der Waals surface area contributed by atoms with Crippen molar-refractivity contribution in [3.63, 3.8) is 0 Å². The second kappa shape index (κ2) is 6.10. The van der Waals surface area contributed by atoms with Crippen LogP contribution in [0.1, 0.15) is 19.8 Å². The van der Waals surface area contributed by atoms with Crippen molar-refractivity contribution < 1.29 is 4.79 Å². The first-order chi connectivity index (χ1) is 8.29. The van der Waals surface area contributed by atoms with Crippen molar-refractivity contribution in [3.05, 3.63) is 30.3 Å². The molecule has 1 aromatic carbocycles. The van der Waals surface area contributed by atoms with Crippen LogP contribution in [0, 0.1) is 5.92 Å². The molecule has 1 aromatic rings. The molecule has 2 nitrogen and oxygen atoms in total. The summed E-state index contributed by atoms with van der Waals surface area (Å²) in [5.74, 6) is 1.92. The molecule has 92 valence electrons. The molecule has 0 radical (unpaired) electrons. The van der Waals surface area contributed by atoms with E-state index in [4.69, 9.17) is 0 Å². The van der Waals surface area contributed by atoms with Crippen LogP contribution in [-0.4, -0.2) is 29.6 Å². The van der Waals surface area contributed by atoms with Crippen molar-refractivity contribution in [1.82, 2.24) is 4.90 Å². The lowest BCUT2D eigenvalue weighted by atomic mass is 10.1. The number of hydrogen-bond donors (Lipinski definition) is 0. The van der Waals surface area contributed by atoms with Crippen LogP contribution in [-0.2, 0) is 4.79 Å². The number of amides is 1. The molecule has 1 saturated heterocycles. The second-order valence-electron chi connectivity index (χ2n) is 4.48. The maximum absolute atomic E-state index is 11.7. The molecule has 1 heterocycles. The fourth-order valence-electron chi connectivity index (χ4n) is 2.13. The van der Waals surface area contributed by atoms with E-state index in [0.29, 0.717) is 11.8 Å². The van der Waals surface area contributed by atoms with Gasteiger partial charge >= 0.3 is 0 Å². The predicted octanol–water partition coefficient (Wildman–Crippen LogP) is 3.04. The third-order valence-corrected chi connectivity index (χ3v) is 4.24. The lowest BCUT2D eigenvalue weighted by Crippen LogP contribution is -2.27. The number of thioether (sulfide) groups is 1. The highest BCUT2D eigenvalue weighted by Crippen LogP contribution is 2.22. The number of carbonyl (C=O) groups excluding carboxylic acids is 1. The SMILES string of the molecule is CCC1CC(=O)N(CCSc2ccccc2)C1. The van der Waals surface area contributed by atoms with E-state index < -0.39 is 0 Å². The van der Waals surface area contributed by atoms with Gasteiger partial charge in [-0.15, -0.1) is 11.8 Å². The molecule has 1 fully saturated rings. The average molecular weight is 249 g/mol. The zero-order valence-electron chi connectivity index (χ0n) is 10.3. The van der Waals surface area contributed by atoms with Gasteiger partial charge < -0.3 is 4.90 Å². The van der Waals surface area contributed by atoms with E-state index in [2.05, 4.69) is 31.2 Å². The fourth-order valence-corrected chi connectivity index (χ4v) is 3.03. The van der Waals surface area contributed by atoms with Crippen LogP contribution in [0.3, 0.4) is 0 Å². The van der Waals surface area contributed by atoms with E-state index in [0.717, 1.165) is 31.7 Å². The Bertz CT molecular complexity index is 366. The van der Waals surface area contributed by atoms with Gasteiger partial charge in [-0.2, -0.15) is 0 Å². The quantitative estimate of drug-likeness (QED) is 0.748. The first kappa shape index (κ1) is 12.5. The Morgan fingerprint density at radius 2 is 2.12 bits per heavy atom. The first-order valence-corrected chi connectivity index (χ1v) is 7.23. The molecule has 17 heavy (non-hydrogen) atoms. The van der Waals surface area contributed by atoms with E-state index in [1.54, 1.807) is 0 Å². The summed E-state index contributed by atoms with van der Waals surface area (Å²) in [5.41, 5.74) is 0. The number of likely N-dealkylation sites (tertiary alicyclic amines) is 1. The van der Waals surface area contributed by atoms with Gasteiger partial charge in [-0.25, -0.2) is 0 Å². The lowest BCUT2D eigenvalue weighted by Gasteiger charge is -2.15. The summed E-state index contributed by atoms with van der Waals surface area (Å²) in [6.45, 7) is 4.01. The summed E-state index contributed by atoms with van der Waals surface area (Å²) in [6.07, 6.45) is 1.88. The molecule has 0 aliphatic carbocycles. The van der Waals surface area contributed by atoms with Gasteiger partial charge in [-0.1, -0.05) is 31.5 Å². The highest BCUT2D eigenvalue weighted by Gasteiger charge is 2.27. The summed E-state index contributed by atoms with van der Waals surface area (Å²) in [7, 11) is 0. The molecular weight excluding hydrogens is 230 g/mol. The van der Waals surface area contributed by atoms with E-state index in [1.165, 1.54) is 4.90 Å². The molecule has 0 bridgehead atoms. The lowest BCUT2D eigenvalue weighted by molar-refractivity contribution is -0.127. The van der Waals surface area contributed by atoms with Gasteiger partial charge in [-0.3, -0.25) is 4.79 Å². The molecule has 1 unspecified atom stereocenters. The van der Waals surface area contributed by atoms with Crippen LogP contribution in [0.4, 0.5) is 0 Å².